The van der Waals surface area contributed by atoms with E-state index in [2.05, 4.69) is 5.32 Å². The minimum Gasteiger partial charge on any atom is -0.355 e. The van der Waals surface area contributed by atoms with E-state index in [1.165, 1.54) is 0 Å². The smallest absolute Gasteiger partial charge is 0.225 e. The number of rotatable bonds is 7. The first kappa shape index (κ1) is 16.2. The van der Waals surface area contributed by atoms with Gasteiger partial charge in [-0.25, -0.2) is 0 Å². The van der Waals surface area contributed by atoms with Gasteiger partial charge in [0.25, 0.3) is 0 Å². The summed E-state index contributed by atoms with van der Waals surface area (Å²) in [6.45, 7) is 0.963. The Morgan fingerprint density at radius 3 is 2.59 bits per heavy atom. The van der Waals surface area contributed by atoms with Crippen molar-refractivity contribution in [2.45, 2.75) is 19.4 Å². The molecule has 0 aliphatic rings. The Kier molecular flexibility index (Phi) is 6.15. The van der Waals surface area contributed by atoms with Gasteiger partial charge in [0.05, 0.1) is 6.42 Å². The van der Waals surface area contributed by atoms with Gasteiger partial charge in [-0.15, -0.1) is 11.3 Å². The van der Waals surface area contributed by atoms with Crippen molar-refractivity contribution >= 4 is 23.2 Å². The van der Waals surface area contributed by atoms with Crippen molar-refractivity contribution < 1.29 is 9.59 Å². The number of nitrogens with one attached hydrogen (secondary N) is 1. The summed E-state index contributed by atoms with van der Waals surface area (Å²) in [6.07, 6.45) is 0.700. The number of hydrogen-bond donors (Lipinski definition) is 1. The molecule has 5 heteroatoms. The Labute approximate surface area is 134 Å². The average Bonchev–Trinajstić information content (AvgIpc) is 3.01. The van der Waals surface area contributed by atoms with Crippen LogP contribution in [0.3, 0.4) is 0 Å². The summed E-state index contributed by atoms with van der Waals surface area (Å²) in [5, 5.41) is 4.74. The van der Waals surface area contributed by atoms with Crippen LogP contribution < -0.4 is 5.32 Å². The molecule has 1 heterocycles. The fourth-order valence-electron chi connectivity index (χ4n) is 2.08. The summed E-state index contributed by atoms with van der Waals surface area (Å²) < 4.78 is 0. The van der Waals surface area contributed by atoms with E-state index in [1.807, 2.05) is 47.8 Å². The third-order valence-corrected chi connectivity index (χ3v) is 4.14. The Balaban J connectivity index is 1.67. The minimum atomic E-state index is -0.0408. The molecule has 2 amide bonds. The first-order valence-electron chi connectivity index (χ1n) is 7.22. The molecular formula is C17H20N2O2S. The minimum absolute atomic E-state index is 0.0280. The number of carbonyl (C=O) groups excluding carboxylic acids is 2. The molecule has 1 N–H and O–H groups in total. The second-order valence-electron chi connectivity index (χ2n) is 5.09. The lowest BCUT2D eigenvalue weighted by molar-refractivity contribution is -0.130. The van der Waals surface area contributed by atoms with Gasteiger partial charge in [0.1, 0.15) is 0 Å². The maximum atomic E-state index is 12.0. The van der Waals surface area contributed by atoms with Gasteiger partial charge >= 0.3 is 0 Å². The molecule has 1 aromatic carbocycles. The van der Waals surface area contributed by atoms with Crippen LogP contribution >= 0.6 is 11.3 Å². The highest BCUT2D eigenvalue weighted by Gasteiger charge is 2.10. The van der Waals surface area contributed by atoms with Crippen LogP contribution in [0, 0.1) is 0 Å². The molecule has 0 spiro atoms. The molecule has 22 heavy (non-hydrogen) atoms. The molecule has 2 rings (SSSR count). The normalized spacial score (nSPS) is 10.2. The van der Waals surface area contributed by atoms with E-state index in [9.17, 15) is 9.59 Å². The number of carbonyl (C=O) groups is 2. The summed E-state index contributed by atoms with van der Waals surface area (Å²) >= 11 is 1.56. The van der Waals surface area contributed by atoms with Crippen LogP contribution in [0.4, 0.5) is 0 Å². The second kappa shape index (κ2) is 8.34. The van der Waals surface area contributed by atoms with E-state index in [4.69, 9.17) is 0 Å². The predicted molar refractivity (Wildman–Crippen MR) is 88.6 cm³/mol. The van der Waals surface area contributed by atoms with Crippen LogP contribution in [0.1, 0.15) is 16.9 Å². The van der Waals surface area contributed by atoms with Gasteiger partial charge in [-0.2, -0.15) is 0 Å². The molecule has 0 aliphatic heterocycles. The van der Waals surface area contributed by atoms with Gasteiger partial charge in [-0.3, -0.25) is 9.59 Å². The number of benzene rings is 1. The molecule has 0 saturated heterocycles. The van der Waals surface area contributed by atoms with Gasteiger partial charge in [-0.05, 0) is 17.0 Å². The van der Waals surface area contributed by atoms with Crippen LogP contribution in [-0.4, -0.2) is 30.3 Å². The summed E-state index contributed by atoms with van der Waals surface area (Å²) in [6, 6.07) is 13.7. The highest BCUT2D eigenvalue weighted by atomic mass is 32.1. The lowest BCUT2D eigenvalue weighted by Gasteiger charge is -2.17. The summed E-state index contributed by atoms with van der Waals surface area (Å²) in [4.78, 5) is 26.5. The van der Waals surface area contributed by atoms with Crippen molar-refractivity contribution in [1.29, 1.82) is 0 Å². The van der Waals surface area contributed by atoms with Crippen LogP contribution in [0.2, 0.25) is 0 Å². The van der Waals surface area contributed by atoms with E-state index < -0.39 is 0 Å². The Hall–Kier alpha value is -2.14. The van der Waals surface area contributed by atoms with Crippen LogP contribution in [-0.2, 0) is 22.6 Å². The van der Waals surface area contributed by atoms with Crippen LogP contribution in [0.25, 0.3) is 0 Å². The van der Waals surface area contributed by atoms with Gasteiger partial charge in [0.15, 0.2) is 0 Å². The third kappa shape index (κ3) is 5.33. The van der Waals surface area contributed by atoms with Crippen molar-refractivity contribution in [1.82, 2.24) is 10.2 Å². The van der Waals surface area contributed by atoms with Gasteiger partial charge in [0.2, 0.25) is 11.8 Å². The molecule has 0 fully saturated rings. The van der Waals surface area contributed by atoms with Gasteiger partial charge in [0, 0.05) is 31.4 Å². The first-order chi connectivity index (χ1) is 10.6. The lowest BCUT2D eigenvalue weighted by Crippen LogP contribution is -2.32. The maximum absolute atomic E-state index is 12.0. The molecule has 0 atom stereocenters. The quantitative estimate of drug-likeness (QED) is 0.853. The Bertz CT molecular complexity index is 596. The van der Waals surface area contributed by atoms with Gasteiger partial charge < -0.3 is 10.2 Å². The third-order valence-electron chi connectivity index (χ3n) is 3.26. The molecule has 0 aliphatic carbocycles. The Morgan fingerprint density at radius 2 is 1.91 bits per heavy atom. The fraction of sp³-hybridized carbons (Fsp3) is 0.294. The topological polar surface area (TPSA) is 49.4 Å². The standard InChI is InChI=1S/C17H20N2O2S/c1-19(13-14-6-3-2-4-7-14)17(21)9-10-18-16(20)12-15-8-5-11-22-15/h2-8,11H,9-10,12-13H2,1H3,(H,18,20). The summed E-state index contributed by atoms with van der Waals surface area (Å²) in [7, 11) is 1.78. The Morgan fingerprint density at radius 1 is 1.14 bits per heavy atom. The highest BCUT2D eigenvalue weighted by Crippen LogP contribution is 2.08. The zero-order chi connectivity index (χ0) is 15.8. The molecule has 0 unspecified atom stereocenters. The molecule has 0 saturated carbocycles. The predicted octanol–water partition coefficient (Wildman–Crippen LogP) is 2.46. The number of thiophene rings is 1. The zero-order valence-corrected chi connectivity index (χ0v) is 13.4. The van der Waals surface area contributed by atoms with E-state index >= 15 is 0 Å². The van der Waals surface area contributed by atoms with E-state index in [0.29, 0.717) is 25.9 Å². The molecule has 1 aromatic heterocycles. The highest BCUT2D eigenvalue weighted by molar-refractivity contribution is 7.10. The van der Waals surface area contributed by atoms with Crippen molar-refractivity contribution in [2.24, 2.45) is 0 Å². The molecule has 2 aromatic rings. The van der Waals surface area contributed by atoms with E-state index in [0.717, 1.165) is 10.4 Å². The number of amides is 2. The van der Waals surface area contributed by atoms with Crippen molar-refractivity contribution in [3.05, 3.63) is 58.3 Å². The van der Waals surface area contributed by atoms with Crippen molar-refractivity contribution in [3.8, 4) is 0 Å². The lowest BCUT2D eigenvalue weighted by atomic mass is 10.2. The average molecular weight is 316 g/mol. The molecule has 4 nitrogen and oxygen atoms in total. The van der Waals surface area contributed by atoms with Gasteiger partial charge in [-0.1, -0.05) is 36.4 Å². The SMILES string of the molecule is CN(Cc1ccccc1)C(=O)CCNC(=O)Cc1cccs1. The number of hydrogen-bond acceptors (Lipinski definition) is 3. The zero-order valence-electron chi connectivity index (χ0n) is 12.6. The summed E-state index contributed by atoms with van der Waals surface area (Å²) in [5.74, 6) is -0.0127. The summed E-state index contributed by atoms with van der Waals surface area (Å²) in [5.41, 5.74) is 1.10. The first-order valence-corrected chi connectivity index (χ1v) is 8.10. The molecule has 0 radical (unpaired) electrons. The number of nitrogens with zero attached hydrogens (tertiary/aromatic N) is 1. The van der Waals surface area contributed by atoms with Crippen LogP contribution in [0.5, 0.6) is 0 Å². The van der Waals surface area contributed by atoms with E-state index in [-0.39, 0.29) is 11.8 Å². The second-order valence-corrected chi connectivity index (χ2v) is 6.12. The maximum Gasteiger partial charge on any atom is 0.225 e. The van der Waals surface area contributed by atoms with Crippen molar-refractivity contribution in [3.63, 3.8) is 0 Å². The molecular weight excluding hydrogens is 296 g/mol. The van der Waals surface area contributed by atoms with Crippen LogP contribution in [0.15, 0.2) is 47.8 Å². The van der Waals surface area contributed by atoms with E-state index in [1.54, 1.807) is 23.3 Å². The fourth-order valence-corrected chi connectivity index (χ4v) is 2.78. The largest absolute Gasteiger partial charge is 0.355 e. The van der Waals surface area contributed by atoms with Crippen molar-refractivity contribution in [2.75, 3.05) is 13.6 Å². The molecule has 116 valence electrons. The molecule has 0 bridgehead atoms. The monoisotopic (exact) mass is 316 g/mol.